The summed E-state index contributed by atoms with van der Waals surface area (Å²) in [5.41, 5.74) is 9.12. The van der Waals surface area contributed by atoms with E-state index in [2.05, 4.69) is 6.07 Å². The van der Waals surface area contributed by atoms with Crippen LogP contribution >= 0.6 is 12.4 Å². The largest absolute Gasteiger partial charge is 0.398 e. The van der Waals surface area contributed by atoms with Crippen molar-refractivity contribution < 1.29 is 4.79 Å². The van der Waals surface area contributed by atoms with Crippen LogP contribution in [0.2, 0.25) is 0 Å². The smallest absolute Gasteiger partial charge is 0.227 e. The molecule has 1 saturated carbocycles. The standard InChI is InChI=1S/C18H26N2O.ClH/c19-16-10-5-11-17-15(16)9-6-12-20(17)18(21)13-14-7-3-1-2-4-8-14;/h5,10-11,14H,1-4,6-9,12-13,19H2;1H. The second-order valence-corrected chi connectivity index (χ2v) is 6.56. The number of amides is 1. The molecule has 0 atom stereocenters. The lowest BCUT2D eigenvalue weighted by molar-refractivity contribution is -0.119. The van der Waals surface area contributed by atoms with Crippen LogP contribution in [0.4, 0.5) is 11.4 Å². The lowest BCUT2D eigenvalue weighted by atomic mass is 9.94. The third kappa shape index (κ3) is 3.75. The Kier molecular flexibility index (Phi) is 6.13. The number of hydrogen-bond acceptors (Lipinski definition) is 2. The minimum absolute atomic E-state index is 0. The molecule has 0 unspecified atom stereocenters. The highest BCUT2D eigenvalue weighted by Gasteiger charge is 2.26. The van der Waals surface area contributed by atoms with Gasteiger partial charge in [0, 0.05) is 24.3 Å². The number of fused-ring (bicyclic) bond motifs is 1. The monoisotopic (exact) mass is 322 g/mol. The highest BCUT2D eigenvalue weighted by molar-refractivity contribution is 5.95. The van der Waals surface area contributed by atoms with Crippen molar-refractivity contribution in [3.8, 4) is 0 Å². The molecule has 1 heterocycles. The number of carbonyl (C=O) groups is 1. The van der Waals surface area contributed by atoms with Crippen molar-refractivity contribution in [1.82, 2.24) is 0 Å². The minimum atomic E-state index is 0. The van der Waals surface area contributed by atoms with Crippen LogP contribution in [0.1, 0.15) is 56.9 Å². The highest BCUT2D eigenvalue weighted by atomic mass is 35.5. The Morgan fingerprint density at radius 2 is 1.86 bits per heavy atom. The van der Waals surface area contributed by atoms with E-state index in [1.165, 1.54) is 38.5 Å². The second kappa shape index (κ2) is 7.87. The maximum absolute atomic E-state index is 12.7. The van der Waals surface area contributed by atoms with Crippen LogP contribution in [0, 0.1) is 5.92 Å². The van der Waals surface area contributed by atoms with Crippen molar-refractivity contribution in [2.24, 2.45) is 5.92 Å². The highest BCUT2D eigenvalue weighted by Crippen LogP contribution is 2.33. The van der Waals surface area contributed by atoms with Gasteiger partial charge in [-0.3, -0.25) is 4.79 Å². The van der Waals surface area contributed by atoms with Crippen molar-refractivity contribution >= 4 is 29.7 Å². The summed E-state index contributed by atoms with van der Waals surface area (Å²) in [6.07, 6.45) is 10.5. The summed E-state index contributed by atoms with van der Waals surface area (Å²) >= 11 is 0. The van der Waals surface area contributed by atoms with Gasteiger partial charge in [0.2, 0.25) is 5.91 Å². The second-order valence-electron chi connectivity index (χ2n) is 6.56. The van der Waals surface area contributed by atoms with Crippen molar-refractivity contribution in [3.05, 3.63) is 23.8 Å². The van der Waals surface area contributed by atoms with Gasteiger partial charge in [-0.25, -0.2) is 0 Å². The van der Waals surface area contributed by atoms with Gasteiger partial charge in [-0.2, -0.15) is 0 Å². The molecule has 22 heavy (non-hydrogen) atoms. The molecule has 122 valence electrons. The van der Waals surface area contributed by atoms with E-state index < -0.39 is 0 Å². The van der Waals surface area contributed by atoms with Gasteiger partial charge in [0.1, 0.15) is 0 Å². The van der Waals surface area contributed by atoms with E-state index in [4.69, 9.17) is 5.73 Å². The van der Waals surface area contributed by atoms with Crippen LogP contribution < -0.4 is 10.6 Å². The van der Waals surface area contributed by atoms with Crippen molar-refractivity contribution in [3.63, 3.8) is 0 Å². The number of nitrogens with zero attached hydrogens (tertiary/aromatic N) is 1. The van der Waals surface area contributed by atoms with Gasteiger partial charge in [0.15, 0.2) is 0 Å². The molecule has 1 aromatic rings. The molecule has 3 rings (SSSR count). The SMILES string of the molecule is Cl.Nc1cccc2c1CCCN2C(=O)CC1CCCCCC1. The Labute approximate surface area is 139 Å². The van der Waals surface area contributed by atoms with Gasteiger partial charge in [-0.05, 0) is 49.3 Å². The van der Waals surface area contributed by atoms with Gasteiger partial charge in [-0.15, -0.1) is 12.4 Å². The Hall–Kier alpha value is -1.22. The topological polar surface area (TPSA) is 46.3 Å². The van der Waals surface area contributed by atoms with Gasteiger partial charge in [0.05, 0.1) is 0 Å². The maximum atomic E-state index is 12.7. The molecule has 3 nitrogen and oxygen atoms in total. The number of rotatable bonds is 2. The first-order valence-electron chi connectivity index (χ1n) is 8.43. The first kappa shape index (κ1) is 17.1. The molecule has 0 radical (unpaired) electrons. The maximum Gasteiger partial charge on any atom is 0.227 e. The Bertz CT molecular complexity index is 510. The Balaban J connectivity index is 0.00000176. The lowest BCUT2D eigenvalue weighted by Crippen LogP contribution is -2.36. The first-order valence-corrected chi connectivity index (χ1v) is 8.43. The molecule has 1 aliphatic carbocycles. The Morgan fingerprint density at radius 1 is 1.14 bits per heavy atom. The third-order valence-electron chi connectivity index (χ3n) is 5.03. The average molecular weight is 323 g/mol. The van der Waals surface area contributed by atoms with E-state index in [0.717, 1.165) is 36.3 Å². The summed E-state index contributed by atoms with van der Waals surface area (Å²) < 4.78 is 0. The zero-order valence-corrected chi connectivity index (χ0v) is 14.0. The molecule has 2 aliphatic rings. The van der Waals surface area contributed by atoms with E-state index in [1.807, 2.05) is 17.0 Å². The first-order chi connectivity index (χ1) is 10.3. The summed E-state index contributed by atoms with van der Waals surface area (Å²) in [5, 5.41) is 0. The number of carbonyl (C=O) groups excluding carboxylic acids is 1. The predicted molar refractivity (Wildman–Crippen MR) is 94.6 cm³/mol. The van der Waals surface area contributed by atoms with Crippen LogP contribution in [-0.4, -0.2) is 12.5 Å². The third-order valence-corrected chi connectivity index (χ3v) is 5.03. The molecular formula is C18H27ClN2O. The molecule has 4 heteroatoms. The summed E-state index contributed by atoms with van der Waals surface area (Å²) in [7, 11) is 0. The van der Waals surface area contributed by atoms with Gasteiger partial charge in [-0.1, -0.05) is 31.7 Å². The fourth-order valence-corrected chi connectivity index (χ4v) is 3.84. The molecule has 1 fully saturated rings. The van der Waals surface area contributed by atoms with Gasteiger partial charge >= 0.3 is 0 Å². The minimum Gasteiger partial charge on any atom is -0.398 e. The van der Waals surface area contributed by atoms with Crippen LogP contribution in [-0.2, 0) is 11.2 Å². The van der Waals surface area contributed by atoms with Crippen molar-refractivity contribution in [2.45, 2.75) is 57.8 Å². The zero-order valence-electron chi connectivity index (χ0n) is 13.2. The predicted octanol–water partition coefficient (Wildman–Crippen LogP) is 4.33. The van der Waals surface area contributed by atoms with E-state index in [1.54, 1.807) is 0 Å². The summed E-state index contributed by atoms with van der Waals surface area (Å²) in [6.45, 7) is 0.849. The quantitative estimate of drug-likeness (QED) is 0.650. The fourth-order valence-electron chi connectivity index (χ4n) is 3.84. The molecule has 1 amide bonds. The molecule has 0 bridgehead atoms. The molecule has 2 N–H and O–H groups in total. The number of halogens is 1. The Morgan fingerprint density at radius 3 is 2.59 bits per heavy atom. The summed E-state index contributed by atoms with van der Waals surface area (Å²) in [4.78, 5) is 14.7. The van der Waals surface area contributed by atoms with Gasteiger partial charge in [0.25, 0.3) is 0 Å². The molecular weight excluding hydrogens is 296 g/mol. The number of hydrogen-bond donors (Lipinski definition) is 1. The zero-order chi connectivity index (χ0) is 14.7. The van der Waals surface area contributed by atoms with Crippen molar-refractivity contribution in [2.75, 3.05) is 17.2 Å². The fraction of sp³-hybridized carbons (Fsp3) is 0.611. The molecule has 1 aromatic carbocycles. The normalized spacial score (nSPS) is 19.0. The number of nitrogen functional groups attached to an aromatic ring is 1. The van der Waals surface area contributed by atoms with Crippen LogP contribution in [0.15, 0.2) is 18.2 Å². The summed E-state index contributed by atoms with van der Waals surface area (Å²) in [6, 6.07) is 5.96. The molecule has 0 aromatic heterocycles. The van der Waals surface area contributed by atoms with Crippen LogP contribution in [0.3, 0.4) is 0 Å². The van der Waals surface area contributed by atoms with E-state index in [9.17, 15) is 4.79 Å². The average Bonchev–Trinajstić information content (AvgIpc) is 2.76. The number of benzene rings is 1. The lowest BCUT2D eigenvalue weighted by Gasteiger charge is -2.31. The molecule has 0 spiro atoms. The molecule has 1 aliphatic heterocycles. The van der Waals surface area contributed by atoms with Crippen molar-refractivity contribution in [1.29, 1.82) is 0 Å². The van der Waals surface area contributed by atoms with Crippen LogP contribution in [0.5, 0.6) is 0 Å². The number of anilines is 2. The van der Waals surface area contributed by atoms with E-state index >= 15 is 0 Å². The van der Waals surface area contributed by atoms with Gasteiger partial charge < -0.3 is 10.6 Å². The number of nitrogens with two attached hydrogens (primary N) is 1. The summed E-state index contributed by atoms with van der Waals surface area (Å²) in [5.74, 6) is 0.889. The van der Waals surface area contributed by atoms with Crippen LogP contribution in [0.25, 0.3) is 0 Å². The van der Waals surface area contributed by atoms with E-state index in [-0.39, 0.29) is 12.4 Å². The van der Waals surface area contributed by atoms with E-state index in [0.29, 0.717) is 18.2 Å². The molecule has 0 saturated heterocycles.